The molecule has 0 spiro atoms. The van der Waals surface area contributed by atoms with E-state index in [1.54, 1.807) is 0 Å². The molecule has 0 fully saturated rings. The maximum atomic E-state index is 11.5. The van der Waals surface area contributed by atoms with E-state index in [1.807, 2.05) is 11.9 Å². The Morgan fingerprint density at radius 2 is 2.00 bits per heavy atom. The number of carbonyl (C=O) groups is 1. The first-order chi connectivity index (χ1) is 7.47. The summed E-state index contributed by atoms with van der Waals surface area (Å²) in [4.78, 5) is 38.0. The highest BCUT2D eigenvalue weighted by atomic mass is 16.4. The summed E-state index contributed by atoms with van der Waals surface area (Å²) in [5.41, 5.74) is -0.794. The summed E-state index contributed by atoms with van der Waals surface area (Å²) in [6.07, 6.45) is 1.01. The second-order valence-electron chi connectivity index (χ2n) is 3.63. The smallest absolute Gasteiger partial charge is 0.325 e. The Balaban J connectivity index is 3.35. The molecule has 0 aromatic carbocycles. The molecule has 0 aliphatic heterocycles. The molecule has 1 atom stereocenters. The predicted molar refractivity (Wildman–Crippen MR) is 57.7 cm³/mol. The van der Waals surface area contributed by atoms with Gasteiger partial charge in [-0.2, -0.15) is 0 Å². The summed E-state index contributed by atoms with van der Waals surface area (Å²) in [5, 5.41) is 9.03. The van der Waals surface area contributed by atoms with Crippen molar-refractivity contribution in [3.05, 3.63) is 32.1 Å². The Labute approximate surface area is 91.3 Å². The van der Waals surface area contributed by atoms with Crippen LogP contribution in [0.2, 0.25) is 0 Å². The molecule has 0 aliphatic carbocycles. The highest BCUT2D eigenvalue weighted by molar-refractivity contribution is 5.76. The largest absolute Gasteiger partial charge is 0.481 e. The zero-order chi connectivity index (χ0) is 12.3. The first kappa shape index (κ1) is 12.2. The van der Waals surface area contributed by atoms with Crippen molar-refractivity contribution in [1.82, 2.24) is 9.97 Å². The summed E-state index contributed by atoms with van der Waals surface area (Å²) in [6.45, 7) is 3.36. The van der Waals surface area contributed by atoms with Crippen LogP contribution in [0.25, 0.3) is 0 Å². The molecule has 16 heavy (non-hydrogen) atoms. The zero-order valence-electron chi connectivity index (χ0n) is 9.16. The molecule has 1 aromatic heterocycles. The number of carboxylic acids is 1. The fourth-order valence-electron chi connectivity index (χ4n) is 1.71. The van der Waals surface area contributed by atoms with Crippen LogP contribution in [0, 0.1) is 6.92 Å². The van der Waals surface area contributed by atoms with Crippen LogP contribution < -0.4 is 11.2 Å². The molecule has 0 aliphatic rings. The van der Waals surface area contributed by atoms with Gasteiger partial charge < -0.3 is 10.1 Å². The number of nitrogens with one attached hydrogen (secondary N) is 2. The lowest BCUT2D eigenvalue weighted by molar-refractivity contribution is -0.139. The molecule has 0 amide bonds. The number of aliphatic carboxylic acids is 1. The zero-order valence-corrected chi connectivity index (χ0v) is 9.16. The summed E-state index contributed by atoms with van der Waals surface area (Å²) in [5.74, 6) is -1.92. The van der Waals surface area contributed by atoms with E-state index in [4.69, 9.17) is 5.11 Å². The van der Waals surface area contributed by atoms with Crippen LogP contribution in [-0.4, -0.2) is 21.0 Å². The van der Waals surface area contributed by atoms with Crippen LogP contribution >= 0.6 is 0 Å². The van der Waals surface area contributed by atoms with E-state index < -0.39 is 23.1 Å². The molecular weight excluding hydrogens is 212 g/mol. The van der Waals surface area contributed by atoms with Gasteiger partial charge in [0, 0.05) is 5.69 Å². The van der Waals surface area contributed by atoms with Gasteiger partial charge in [-0.3, -0.25) is 14.6 Å². The molecule has 1 rings (SSSR count). The molecule has 0 bridgehead atoms. The molecule has 0 saturated carbocycles. The molecule has 6 nitrogen and oxygen atoms in total. The Morgan fingerprint density at radius 1 is 1.38 bits per heavy atom. The first-order valence-corrected chi connectivity index (χ1v) is 5.03. The topological polar surface area (TPSA) is 103 Å². The lowest BCUT2D eigenvalue weighted by Crippen LogP contribution is -2.31. The van der Waals surface area contributed by atoms with Crippen molar-refractivity contribution in [2.45, 2.75) is 32.6 Å². The van der Waals surface area contributed by atoms with E-state index in [0.717, 1.165) is 0 Å². The van der Waals surface area contributed by atoms with Gasteiger partial charge in [0.15, 0.2) is 0 Å². The third kappa shape index (κ3) is 2.39. The van der Waals surface area contributed by atoms with Crippen molar-refractivity contribution in [3.63, 3.8) is 0 Å². The van der Waals surface area contributed by atoms with Crippen LogP contribution in [0.15, 0.2) is 9.59 Å². The number of rotatable bonds is 4. The lowest BCUT2D eigenvalue weighted by Gasteiger charge is -2.12. The standard InChI is InChI=1S/C10H14N2O4/c1-3-4-6(9(14)15)7-5(2)11-10(16)12-8(7)13/h6H,3-4H2,1-2H3,(H,14,15)(H2,11,12,13,16). The number of aromatic amines is 2. The van der Waals surface area contributed by atoms with Gasteiger partial charge in [-0.05, 0) is 13.3 Å². The fourth-order valence-corrected chi connectivity index (χ4v) is 1.71. The van der Waals surface area contributed by atoms with Crippen molar-refractivity contribution in [2.75, 3.05) is 0 Å². The Kier molecular flexibility index (Phi) is 3.65. The third-order valence-electron chi connectivity index (χ3n) is 2.40. The average Bonchev–Trinajstić information content (AvgIpc) is 2.14. The summed E-state index contributed by atoms with van der Waals surface area (Å²) in [7, 11) is 0. The lowest BCUT2D eigenvalue weighted by atomic mass is 9.94. The van der Waals surface area contributed by atoms with Gasteiger partial charge in [-0.1, -0.05) is 13.3 Å². The number of aromatic nitrogens is 2. The van der Waals surface area contributed by atoms with Gasteiger partial charge in [-0.15, -0.1) is 0 Å². The first-order valence-electron chi connectivity index (χ1n) is 5.03. The molecule has 0 saturated heterocycles. The normalized spacial score (nSPS) is 12.4. The van der Waals surface area contributed by atoms with Gasteiger partial charge in [-0.25, -0.2) is 4.79 Å². The Bertz CT molecular complexity index is 500. The molecule has 6 heteroatoms. The van der Waals surface area contributed by atoms with E-state index in [0.29, 0.717) is 18.5 Å². The van der Waals surface area contributed by atoms with Crippen molar-refractivity contribution in [3.8, 4) is 0 Å². The Morgan fingerprint density at radius 3 is 2.44 bits per heavy atom. The molecule has 1 aromatic rings. The number of hydrogen-bond acceptors (Lipinski definition) is 3. The number of aryl methyl sites for hydroxylation is 1. The number of hydrogen-bond donors (Lipinski definition) is 3. The molecule has 88 valence electrons. The number of H-pyrrole nitrogens is 2. The van der Waals surface area contributed by atoms with Crippen LogP contribution in [-0.2, 0) is 4.79 Å². The average molecular weight is 226 g/mol. The Hall–Kier alpha value is -1.85. The van der Waals surface area contributed by atoms with Gasteiger partial charge in [0.2, 0.25) is 0 Å². The van der Waals surface area contributed by atoms with E-state index in [1.165, 1.54) is 6.92 Å². The van der Waals surface area contributed by atoms with Crippen molar-refractivity contribution >= 4 is 5.97 Å². The molecule has 0 radical (unpaired) electrons. The maximum Gasteiger partial charge on any atom is 0.325 e. The van der Waals surface area contributed by atoms with Gasteiger partial charge >= 0.3 is 11.7 Å². The van der Waals surface area contributed by atoms with E-state index in [2.05, 4.69) is 4.98 Å². The highest BCUT2D eigenvalue weighted by Gasteiger charge is 2.24. The second-order valence-corrected chi connectivity index (χ2v) is 3.63. The van der Waals surface area contributed by atoms with Gasteiger partial charge in [0.25, 0.3) is 5.56 Å². The monoisotopic (exact) mass is 226 g/mol. The van der Waals surface area contributed by atoms with Crippen LogP contribution in [0.4, 0.5) is 0 Å². The van der Waals surface area contributed by atoms with E-state index in [9.17, 15) is 14.4 Å². The molecule has 1 heterocycles. The van der Waals surface area contributed by atoms with Crippen LogP contribution in [0.3, 0.4) is 0 Å². The van der Waals surface area contributed by atoms with Crippen molar-refractivity contribution in [1.29, 1.82) is 0 Å². The molecule has 1 unspecified atom stereocenters. The quantitative estimate of drug-likeness (QED) is 0.688. The summed E-state index contributed by atoms with van der Waals surface area (Å²) < 4.78 is 0. The number of carboxylic acid groups (broad SMARTS) is 1. The fraction of sp³-hybridized carbons (Fsp3) is 0.500. The van der Waals surface area contributed by atoms with Crippen molar-refractivity contribution in [2.24, 2.45) is 0 Å². The maximum absolute atomic E-state index is 11.5. The molecular formula is C10H14N2O4. The summed E-state index contributed by atoms with van der Waals surface area (Å²) >= 11 is 0. The van der Waals surface area contributed by atoms with Crippen molar-refractivity contribution < 1.29 is 9.90 Å². The highest BCUT2D eigenvalue weighted by Crippen LogP contribution is 2.19. The minimum absolute atomic E-state index is 0.133. The van der Waals surface area contributed by atoms with E-state index >= 15 is 0 Å². The summed E-state index contributed by atoms with van der Waals surface area (Å²) in [6, 6.07) is 0. The second kappa shape index (κ2) is 4.78. The SMILES string of the molecule is CCCC(C(=O)O)c1c(C)[nH]c(=O)[nH]c1=O. The van der Waals surface area contributed by atoms with Gasteiger partial charge in [0.05, 0.1) is 11.5 Å². The minimum Gasteiger partial charge on any atom is -0.481 e. The predicted octanol–water partition coefficient (Wildman–Crippen LogP) is 0.340. The molecule has 3 N–H and O–H groups in total. The van der Waals surface area contributed by atoms with Crippen LogP contribution in [0.1, 0.15) is 36.9 Å². The minimum atomic E-state index is -1.05. The van der Waals surface area contributed by atoms with Crippen LogP contribution in [0.5, 0.6) is 0 Å². The van der Waals surface area contributed by atoms with E-state index in [-0.39, 0.29) is 5.56 Å². The van der Waals surface area contributed by atoms with Gasteiger partial charge in [0.1, 0.15) is 0 Å². The third-order valence-corrected chi connectivity index (χ3v) is 2.40.